The molecule has 0 aliphatic heterocycles. The molecule has 0 spiro atoms. The zero-order valence-electron chi connectivity index (χ0n) is 58.3. The lowest BCUT2D eigenvalue weighted by atomic mass is 10.0. The van der Waals surface area contributed by atoms with Crippen molar-refractivity contribution < 1.29 is 24.5 Å². The summed E-state index contributed by atoms with van der Waals surface area (Å²) in [7, 11) is 0. The maximum absolute atomic E-state index is 12.6. The van der Waals surface area contributed by atoms with E-state index in [0.717, 1.165) is 51.4 Å². The van der Waals surface area contributed by atoms with Crippen molar-refractivity contribution in [3.8, 4) is 0 Å². The van der Waals surface area contributed by atoms with Crippen molar-refractivity contribution in [2.45, 2.75) is 450 Å². The fourth-order valence-corrected chi connectivity index (χ4v) is 12.4. The van der Waals surface area contributed by atoms with Crippen molar-refractivity contribution >= 4 is 11.9 Å². The van der Waals surface area contributed by atoms with E-state index < -0.39 is 12.1 Å². The largest absolute Gasteiger partial charge is 0.466 e. The van der Waals surface area contributed by atoms with Crippen LogP contribution in [0.4, 0.5) is 0 Å². The Balaban J connectivity index is 3.38. The second-order valence-corrected chi connectivity index (χ2v) is 27.0. The summed E-state index contributed by atoms with van der Waals surface area (Å²) >= 11 is 0. The van der Waals surface area contributed by atoms with Crippen molar-refractivity contribution in [2.24, 2.45) is 0 Å². The standard InChI is InChI=1S/C80H153NO5/c1-3-5-7-9-11-13-15-17-19-21-22-23-24-29-32-35-38-41-44-48-52-56-60-64-68-72-78(83)77(76-82)81-79(84)73-69-65-61-57-53-49-45-42-39-36-33-30-27-25-26-28-31-34-37-40-43-47-51-55-59-63-67-71-75-86-80(85)74-70-66-62-58-54-50-46-20-18-16-14-12-10-8-6-4-2/h14,16,20,25-26,46,77-78,82-83H,3-13,15,17-19,21-24,27-45,47-76H2,1-2H3,(H,81,84)/b16-14-,26-25-,46-20-. The third-order valence-corrected chi connectivity index (χ3v) is 18.4. The minimum atomic E-state index is -0.666. The van der Waals surface area contributed by atoms with Crippen LogP contribution in [0, 0.1) is 0 Å². The molecule has 6 heteroatoms. The zero-order valence-corrected chi connectivity index (χ0v) is 58.3. The minimum Gasteiger partial charge on any atom is -0.466 e. The molecule has 0 aromatic rings. The molecule has 2 atom stereocenters. The van der Waals surface area contributed by atoms with Crippen LogP contribution in [-0.4, -0.2) is 47.4 Å². The summed E-state index contributed by atoms with van der Waals surface area (Å²) < 4.78 is 5.49. The number of nitrogens with one attached hydrogen (secondary N) is 1. The van der Waals surface area contributed by atoms with Gasteiger partial charge < -0.3 is 20.3 Å². The van der Waals surface area contributed by atoms with Crippen LogP contribution < -0.4 is 5.32 Å². The first-order valence-electron chi connectivity index (χ1n) is 39.2. The fraction of sp³-hybridized carbons (Fsp3) is 0.900. The lowest BCUT2D eigenvalue weighted by molar-refractivity contribution is -0.143. The van der Waals surface area contributed by atoms with Gasteiger partial charge in [-0.2, -0.15) is 0 Å². The second kappa shape index (κ2) is 75.5. The van der Waals surface area contributed by atoms with Gasteiger partial charge in [0.2, 0.25) is 5.91 Å². The zero-order chi connectivity index (χ0) is 62.0. The van der Waals surface area contributed by atoms with Crippen molar-refractivity contribution in [2.75, 3.05) is 13.2 Å². The van der Waals surface area contributed by atoms with Crippen LogP contribution in [0.1, 0.15) is 438 Å². The van der Waals surface area contributed by atoms with Gasteiger partial charge in [0, 0.05) is 12.8 Å². The maximum atomic E-state index is 12.6. The van der Waals surface area contributed by atoms with E-state index in [1.807, 2.05) is 0 Å². The molecule has 0 fully saturated rings. The molecule has 0 heterocycles. The third-order valence-electron chi connectivity index (χ3n) is 18.4. The number of ether oxygens (including phenoxy) is 1. The number of aliphatic hydroxyl groups is 2. The quantitative estimate of drug-likeness (QED) is 0.0320. The number of carbonyl (C=O) groups excluding carboxylic acids is 2. The Morgan fingerprint density at radius 2 is 0.581 bits per heavy atom. The van der Waals surface area contributed by atoms with E-state index in [-0.39, 0.29) is 18.5 Å². The van der Waals surface area contributed by atoms with Gasteiger partial charge in [0.05, 0.1) is 25.4 Å². The summed E-state index contributed by atoms with van der Waals surface area (Å²) in [6.07, 6.45) is 98.0. The van der Waals surface area contributed by atoms with Crippen LogP contribution in [0.2, 0.25) is 0 Å². The molecule has 6 nitrogen and oxygen atoms in total. The normalized spacial score (nSPS) is 12.7. The first-order chi connectivity index (χ1) is 42.5. The van der Waals surface area contributed by atoms with Crippen LogP contribution in [-0.2, 0) is 14.3 Å². The molecule has 3 N–H and O–H groups in total. The average molecular weight is 1210 g/mol. The van der Waals surface area contributed by atoms with E-state index in [4.69, 9.17) is 4.74 Å². The van der Waals surface area contributed by atoms with Gasteiger partial charge in [0.25, 0.3) is 0 Å². The number of hydrogen-bond donors (Lipinski definition) is 3. The van der Waals surface area contributed by atoms with E-state index >= 15 is 0 Å². The summed E-state index contributed by atoms with van der Waals surface area (Å²) in [4.78, 5) is 24.7. The summed E-state index contributed by atoms with van der Waals surface area (Å²) in [5, 5.41) is 23.5. The lowest BCUT2D eigenvalue weighted by Gasteiger charge is -2.22. The average Bonchev–Trinajstić information content (AvgIpc) is 3.53. The molecule has 508 valence electrons. The van der Waals surface area contributed by atoms with Crippen molar-refractivity contribution in [3.05, 3.63) is 36.5 Å². The molecule has 0 aromatic heterocycles. The highest BCUT2D eigenvalue weighted by Crippen LogP contribution is 2.20. The van der Waals surface area contributed by atoms with E-state index in [1.165, 1.54) is 353 Å². The van der Waals surface area contributed by atoms with Gasteiger partial charge >= 0.3 is 5.97 Å². The summed E-state index contributed by atoms with van der Waals surface area (Å²) in [5.74, 6) is -0.0265. The van der Waals surface area contributed by atoms with Crippen molar-refractivity contribution in [3.63, 3.8) is 0 Å². The number of rotatable bonds is 74. The van der Waals surface area contributed by atoms with Crippen LogP contribution in [0.25, 0.3) is 0 Å². The van der Waals surface area contributed by atoms with Gasteiger partial charge in [-0.15, -0.1) is 0 Å². The molecule has 1 amide bonds. The Kier molecular flexibility index (Phi) is 73.9. The summed E-state index contributed by atoms with van der Waals surface area (Å²) in [5.41, 5.74) is 0. The predicted molar refractivity (Wildman–Crippen MR) is 379 cm³/mol. The van der Waals surface area contributed by atoms with Gasteiger partial charge in [-0.3, -0.25) is 9.59 Å². The Morgan fingerprint density at radius 1 is 0.326 bits per heavy atom. The molecule has 86 heavy (non-hydrogen) atoms. The second-order valence-electron chi connectivity index (χ2n) is 27.0. The van der Waals surface area contributed by atoms with Crippen molar-refractivity contribution in [1.29, 1.82) is 0 Å². The van der Waals surface area contributed by atoms with Crippen LogP contribution >= 0.6 is 0 Å². The highest BCUT2D eigenvalue weighted by Gasteiger charge is 2.20. The smallest absolute Gasteiger partial charge is 0.305 e. The molecule has 0 rings (SSSR count). The highest BCUT2D eigenvalue weighted by molar-refractivity contribution is 5.76. The highest BCUT2D eigenvalue weighted by atomic mass is 16.5. The Morgan fingerprint density at radius 3 is 0.907 bits per heavy atom. The monoisotopic (exact) mass is 1210 g/mol. The van der Waals surface area contributed by atoms with Gasteiger partial charge in [0.1, 0.15) is 0 Å². The maximum Gasteiger partial charge on any atom is 0.305 e. The molecule has 0 aliphatic rings. The van der Waals surface area contributed by atoms with Gasteiger partial charge in [-0.05, 0) is 83.5 Å². The SMILES string of the molecule is CCCCCC/C=C\C/C=C\CCCCCCCC(=O)OCCCCCCCCCCCCCC/C=C\CCCCCCCCCCCCCCC(=O)NC(CO)C(O)CCCCCCCCCCCCCCCCCCCCCCCCCCC. The first kappa shape index (κ1) is 84.1. The summed E-state index contributed by atoms with van der Waals surface area (Å²) in [6.45, 7) is 4.97. The molecule has 0 saturated carbocycles. The molecular formula is C80H153NO5. The fourth-order valence-electron chi connectivity index (χ4n) is 12.4. The Hall–Kier alpha value is -1.92. The van der Waals surface area contributed by atoms with Crippen LogP contribution in [0.3, 0.4) is 0 Å². The summed E-state index contributed by atoms with van der Waals surface area (Å²) in [6, 6.07) is -0.544. The Labute approximate surface area is 538 Å². The van der Waals surface area contributed by atoms with E-state index in [2.05, 4.69) is 55.6 Å². The predicted octanol–water partition coefficient (Wildman–Crippen LogP) is 25.8. The third kappa shape index (κ3) is 71.2. The number of hydrogen-bond acceptors (Lipinski definition) is 5. The molecule has 0 bridgehead atoms. The first-order valence-corrected chi connectivity index (χ1v) is 39.2. The molecule has 0 radical (unpaired) electrons. The topological polar surface area (TPSA) is 95.9 Å². The minimum absolute atomic E-state index is 0.00318. The molecule has 0 aliphatic carbocycles. The molecule has 2 unspecified atom stereocenters. The number of amides is 1. The van der Waals surface area contributed by atoms with Crippen molar-refractivity contribution in [1.82, 2.24) is 5.32 Å². The number of esters is 1. The van der Waals surface area contributed by atoms with Gasteiger partial charge in [-0.25, -0.2) is 0 Å². The lowest BCUT2D eigenvalue weighted by Crippen LogP contribution is -2.45. The van der Waals surface area contributed by atoms with Crippen LogP contribution in [0.15, 0.2) is 36.5 Å². The Bertz CT molecular complexity index is 1390. The van der Waals surface area contributed by atoms with E-state index in [1.54, 1.807) is 0 Å². The van der Waals surface area contributed by atoms with Crippen LogP contribution in [0.5, 0.6) is 0 Å². The molecule has 0 saturated heterocycles. The molecule has 0 aromatic carbocycles. The number of unbranched alkanes of at least 4 members (excludes halogenated alkanes) is 57. The number of carbonyl (C=O) groups is 2. The van der Waals surface area contributed by atoms with E-state index in [0.29, 0.717) is 25.9 Å². The van der Waals surface area contributed by atoms with Gasteiger partial charge in [0.15, 0.2) is 0 Å². The van der Waals surface area contributed by atoms with Gasteiger partial charge in [-0.1, -0.05) is 378 Å². The number of aliphatic hydroxyl groups excluding tert-OH is 2. The van der Waals surface area contributed by atoms with E-state index in [9.17, 15) is 19.8 Å². The molecular weight excluding hydrogens is 1050 g/mol. The number of allylic oxidation sites excluding steroid dienone is 6.